The third-order valence-corrected chi connectivity index (χ3v) is 4.16. The standard InChI is InChI=1S/C14H20N2O4S/c1-10-15-12(9-21-10)14(18)16(6-5-13(17)19-2)8-11-4-3-7-20-11/h9,11H,3-8H2,1-2H3. The highest BCUT2D eigenvalue weighted by Crippen LogP contribution is 2.16. The monoisotopic (exact) mass is 312 g/mol. The van der Waals surface area contributed by atoms with E-state index >= 15 is 0 Å². The van der Waals surface area contributed by atoms with Crippen molar-refractivity contribution in [3.05, 3.63) is 16.1 Å². The van der Waals surface area contributed by atoms with Crippen molar-refractivity contribution < 1.29 is 19.1 Å². The molecule has 1 aliphatic rings. The number of hydrogen-bond acceptors (Lipinski definition) is 6. The van der Waals surface area contributed by atoms with Crippen molar-refractivity contribution in [2.45, 2.75) is 32.3 Å². The summed E-state index contributed by atoms with van der Waals surface area (Å²) in [5, 5.41) is 2.60. The van der Waals surface area contributed by atoms with Crippen LogP contribution in [0.4, 0.5) is 0 Å². The Morgan fingerprint density at radius 2 is 2.38 bits per heavy atom. The molecular formula is C14H20N2O4S. The maximum absolute atomic E-state index is 12.5. The van der Waals surface area contributed by atoms with E-state index in [-0.39, 0.29) is 24.4 Å². The van der Waals surface area contributed by atoms with Crippen LogP contribution in [0.3, 0.4) is 0 Å². The lowest BCUT2D eigenvalue weighted by Crippen LogP contribution is -2.39. The Balaban J connectivity index is 2.02. The van der Waals surface area contributed by atoms with Gasteiger partial charge in [0.1, 0.15) is 5.69 Å². The largest absolute Gasteiger partial charge is 0.469 e. The number of aryl methyl sites for hydroxylation is 1. The number of ether oxygens (including phenoxy) is 2. The molecule has 1 saturated heterocycles. The van der Waals surface area contributed by atoms with Crippen molar-refractivity contribution in [1.29, 1.82) is 0 Å². The quantitative estimate of drug-likeness (QED) is 0.747. The molecule has 2 rings (SSSR count). The van der Waals surface area contributed by atoms with Gasteiger partial charge < -0.3 is 14.4 Å². The summed E-state index contributed by atoms with van der Waals surface area (Å²) < 4.78 is 10.2. The Hall–Kier alpha value is -1.47. The molecule has 116 valence electrons. The Morgan fingerprint density at radius 3 is 2.95 bits per heavy atom. The average Bonchev–Trinajstić information content (AvgIpc) is 3.13. The maximum atomic E-state index is 12.5. The zero-order chi connectivity index (χ0) is 15.2. The zero-order valence-corrected chi connectivity index (χ0v) is 13.1. The van der Waals surface area contributed by atoms with Gasteiger partial charge in [-0.3, -0.25) is 9.59 Å². The zero-order valence-electron chi connectivity index (χ0n) is 12.3. The third kappa shape index (κ3) is 4.50. The van der Waals surface area contributed by atoms with Gasteiger partial charge >= 0.3 is 5.97 Å². The van der Waals surface area contributed by atoms with Gasteiger partial charge in [-0.1, -0.05) is 0 Å². The molecule has 0 bridgehead atoms. The minimum Gasteiger partial charge on any atom is -0.469 e. The van der Waals surface area contributed by atoms with Gasteiger partial charge in [0.2, 0.25) is 0 Å². The minimum atomic E-state index is -0.324. The molecule has 0 spiro atoms. The van der Waals surface area contributed by atoms with Crippen LogP contribution in [0.25, 0.3) is 0 Å². The van der Waals surface area contributed by atoms with E-state index in [9.17, 15) is 9.59 Å². The number of rotatable bonds is 6. The number of esters is 1. The summed E-state index contributed by atoms with van der Waals surface area (Å²) >= 11 is 1.44. The van der Waals surface area contributed by atoms with E-state index in [1.54, 1.807) is 10.3 Å². The molecule has 1 amide bonds. The topological polar surface area (TPSA) is 68.7 Å². The minimum absolute atomic E-state index is 0.0475. The highest BCUT2D eigenvalue weighted by Gasteiger charge is 2.25. The fourth-order valence-corrected chi connectivity index (χ4v) is 2.85. The average molecular weight is 312 g/mol. The van der Waals surface area contributed by atoms with Crippen LogP contribution in [0.5, 0.6) is 0 Å². The summed E-state index contributed by atoms with van der Waals surface area (Å²) in [4.78, 5) is 29.7. The second kappa shape index (κ2) is 7.51. The molecule has 1 fully saturated rings. The van der Waals surface area contributed by atoms with E-state index < -0.39 is 0 Å². The van der Waals surface area contributed by atoms with Crippen LogP contribution < -0.4 is 0 Å². The van der Waals surface area contributed by atoms with E-state index in [1.807, 2.05) is 6.92 Å². The van der Waals surface area contributed by atoms with Gasteiger partial charge in [-0.2, -0.15) is 0 Å². The molecule has 6 nitrogen and oxygen atoms in total. The Morgan fingerprint density at radius 1 is 1.57 bits per heavy atom. The second-order valence-electron chi connectivity index (χ2n) is 4.96. The number of nitrogens with zero attached hydrogens (tertiary/aromatic N) is 2. The second-order valence-corrected chi connectivity index (χ2v) is 6.03. The Kier molecular flexibility index (Phi) is 5.69. The summed E-state index contributed by atoms with van der Waals surface area (Å²) in [6.45, 7) is 3.41. The van der Waals surface area contributed by atoms with Gasteiger partial charge in [-0.25, -0.2) is 4.98 Å². The molecule has 1 atom stereocenters. The number of thiazole rings is 1. The van der Waals surface area contributed by atoms with Gasteiger partial charge in [-0.05, 0) is 19.8 Å². The van der Waals surface area contributed by atoms with Gasteiger partial charge in [-0.15, -0.1) is 11.3 Å². The predicted molar refractivity (Wildman–Crippen MR) is 78.4 cm³/mol. The van der Waals surface area contributed by atoms with E-state index in [0.29, 0.717) is 18.8 Å². The molecule has 0 aliphatic carbocycles. The van der Waals surface area contributed by atoms with Crippen molar-refractivity contribution in [2.24, 2.45) is 0 Å². The molecule has 0 N–H and O–H groups in total. The number of methoxy groups -OCH3 is 1. The summed E-state index contributed by atoms with van der Waals surface area (Å²) in [6.07, 6.45) is 2.18. The van der Waals surface area contributed by atoms with Crippen molar-refractivity contribution in [3.8, 4) is 0 Å². The van der Waals surface area contributed by atoms with Gasteiger partial charge in [0.15, 0.2) is 0 Å². The third-order valence-electron chi connectivity index (χ3n) is 3.39. The van der Waals surface area contributed by atoms with E-state index in [2.05, 4.69) is 9.72 Å². The molecule has 2 heterocycles. The van der Waals surface area contributed by atoms with Crippen molar-refractivity contribution in [3.63, 3.8) is 0 Å². The molecule has 7 heteroatoms. The SMILES string of the molecule is COC(=O)CCN(CC1CCCO1)C(=O)c1csc(C)n1. The Labute approximate surface area is 128 Å². The van der Waals surface area contributed by atoms with Crippen LogP contribution in [0.2, 0.25) is 0 Å². The van der Waals surface area contributed by atoms with Crippen LogP contribution in [0.1, 0.15) is 34.8 Å². The van der Waals surface area contributed by atoms with Crippen LogP contribution in [0.15, 0.2) is 5.38 Å². The van der Waals surface area contributed by atoms with Gasteiger partial charge in [0.25, 0.3) is 5.91 Å². The van der Waals surface area contributed by atoms with Gasteiger partial charge in [0.05, 0.1) is 24.6 Å². The lowest BCUT2D eigenvalue weighted by atomic mass is 10.2. The predicted octanol–water partition coefficient (Wildman–Crippen LogP) is 1.64. The van der Waals surface area contributed by atoms with E-state index in [4.69, 9.17) is 4.74 Å². The molecule has 1 unspecified atom stereocenters. The van der Waals surface area contributed by atoms with Crippen LogP contribution in [-0.2, 0) is 14.3 Å². The van der Waals surface area contributed by atoms with Crippen molar-refractivity contribution in [1.82, 2.24) is 9.88 Å². The number of aromatic nitrogens is 1. The molecule has 1 aromatic heterocycles. The first-order valence-corrected chi connectivity index (χ1v) is 7.88. The van der Waals surface area contributed by atoms with Crippen LogP contribution >= 0.6 is 11.3 Å². The number of amides is 1. The highest BCUT2D eigenvalue weighted by molar-refractivity contribution is 7.09. The number of carbonyl (C=O) groups excluding carboxylic acids is 2. The van der Waals surface area contributed by atoms with Crippen LogP contribution in [-0.4, -0.2) is 54.7 Å². The summed E-state index contributed by atoms with van der Waals surface area (Å²) in [6, 6.07) is 0. The lowest BCUT2D eigenvalue weighted by molar-refractivity contribution is -0.140. The number of hydrogen-bond donors (Lipinski definition) is 0. The van der Waals surface area contributed by atoms with E-state index in [1.165, 1.54) is 18.4 Å². The molecule has 0 saturated carbocycles. The number of carbonyl (C=O) groups is 2. The van der Waals surface area contributed by atoms with E-state index in [0.717, 1.165) is 24.5 Å². The Bertz CT molecular complexity index is 497. The van der Waals surface area contributed by atoms with Crippen molar-refractivity contribution >= 4 is 23.2 Å². The first-order valence-electron chi connectivity index (χ1n) is 7.00. The molecule has 0 radical (unpaired) electrons. The fourth-order valence-electron chi connectivity index (χ4n) is 2.26. The maximum Gasteiger partial charge on any atom is 0.307 e. The first-order chi connectivity index (χ1) is 10.1. The summed E-state index contributed by atoms with van der Waals surface area (Å²) in [5.74, 6) is -0.478. The summed E-state index contributed by atoms with van der Waals surface area (Å²) in [5.41, 5.74) is 0.431. The molecule has 1 aromatic rings. The molecule has 1 aliphatic heterocycles. The fraction of sp³-hybridized carbons (Fsp3) is 0.643. The van der Waals surface area contributed by atoms with Crippen molar-refractivity contribution in [2.75, 3.05) is 26.8 Å². The lowest BCUT2D eigenvalue weighted by Gasteiger charge is -2.24. The molecular weight excluding hydrogens is 292 g/mol. The normalized spacial score (nSPS) is 17.7. The molecule has 21 heavy (non-hydrogen) atoms. The van der Waals surface area contributed by atoms with Crippen LogP contribution in [0, 0.1) is 6.92 Å². The molecule has 0 aromatic carbocycles. The highest BCUT2D eigenvalue weighted by atomic mass is 32.1. The smallest absolute Gasteiger partial charge is 0.307 e. The first kappa shape index (κ1) is 15.9. The summed E-state index contributed by atoms with van der Waals surface area (Å²) in [7, 11) is 1.35. The van der Waals surface area contributed by atoms with Gasteiger partial charge in [0, 0.05) is 25.1 Å².